The van der Waals surface area contributed by atoms with Gasteiger partial charge < -0.3 is 20.9 Å². The minimum atomic E-state index is -0.982. The molecule has 3 N–H and O–H groups in total. The summed E-state index contributed by atoms with van der Waals surface area (Å²) in [6.45, 7) is 6.89. The minimum absolute atomic E-state index is 0.0919. The minimum Gasteiger partial charge on any atom is -0.374 e. The van der Waals surface area contributed by atoms with E-state index in [4.69, 9.17) is 0 Å². The second-order valence-corrected chi connectivity index (χ2v) is 10.1. The molecule has 7 nitrogen and oxygen atoms in total. The normalized spacial score (nSPS) is 18.3. The number of fused-ring (bicyclic) bond motifs is 1. The Labute approximate surface area is 199 Å². The Morgan fingerprint density at radius 3 is 2.59 bits per heavy atom. The molecule has 0 bridgehead atoms. The number of carbonyl (C=O) groups excluding carboxylic acids is 3. The first-order valence-electron chi connectivity index (χ1n) is 11.5. The highest BCUT2D eigenvalue weighted by Gasteiger charge is 2.32. The van der Waals surface area contributed by atoms with E-state index in [9.17, 15) is 18.8 Å². The van der Waals surface area contributed by atoms with Crippen molar-refractivity contribution in [1.82, 2.24) is 10.6 Å². The lowest BCUT2D eigenvalue weighted by molar-refractivity contribution is -0.129. The molecule has 34 heavy (non-hydrogen) atoms. The maximum absolute atomic E-state index is 14.7. The summed E-state index contributed by atoms with van der Waals surface area (Å²) in [4.78, 5) is 39.9. The number of nitrogens with one attached hydrogen (secondary N) is 3. The summed E-state index contributed by atoms with van der Waals surface area (Å²) < 4.78 is 14.7. The zero-order valence-electron chi connectivity index (χ0n) is 20.0. The van der Waals surface area contributed by atoms with Crippen LogP contribution in [0.2, 0.25) is 0 Å². The Kier molecular flexibility index (Phi) is 6.34. The van der Waals surface area contributed by atoms with E-state index < -0.39 is 23.7 Å². The van der Waals surface area contributed by atoms with Crippen LogP contribution in [0.4, 0.5) is 15.8 Å². The molecule has 8 heteroatoms. The summed E-state index contributed by atoms with van der Waals surface area (Å²) >= 11 is 0. The number of hydrogen-bond acceptors (Lipinski definition) is 4. The van der Waals surface area contributed by atoms with Crippen LogP contribution in [0.25, 0.3) is 0 Å². The van der Waals surface area contributed by atoms with Crippen molar-refractivity contribution < 1.29 is 18.8 Å². The molecular weight excluding hydrogens is 435 g/mol. The van der Waals surface area contributed by atoms with Crippen LogP contribution in [-0.4, -0.2) is 37.9 Å². The van der Waals surface area contributed by atoms with Gasteiger partial charge in [0, 0.05) is 37.9 Å². The van der Waals surface area contributed by atoms with E-state index in [1.807, 2.05) is 46.0 Å². The van der Waals surface area contributed by atoms with Gasteiger partial charge in [-0.15, -0.1) is 0 Å². The number of likely N-dealkylation sites (N-methyl/N-ethyl adjacent to an activating group) is 1. The molecule has 3 amide bonds. The van der Waals surface area contributed by atoms with Crippen LogP contribution in [-0.2, 0) is 26.2 Å². The lowest BCUT2D eigenvalue weighted by Crippen LogP contribution is -2.40. The van der Waals surface area contributed by atoms with Crippen LogP contribution >= 0.6 is 0 Å². The fourth-order valence-corrected chi connectivity index (χ4v) is 4.53. The Morgan fingerprint density at radius 1 is 1.18 bits per heavy atom. The van der Waals surface area contributed by atoms with Crippen molar-refractivity contribution in [3.63, 3.8) is 0 Å². The van der Waals surface area contributed by atoms with Gasteiger partial charge in [-0.2, -0.15) is 0 Å². The molecule has 0 aromatic heterocycles. The van der Waals surface area contributed by atoms with Crippen LogP contribution in [0.3, 0.4) is 0 Å². The maximum atomic E-state index is 14.7. The van der Waals surface area contributed by atoms with E-state index in [1.165, 1.54) is 6.07 Å². The van der Waals surface area contributed by atoms with Crippen molar-refractivity contribution in [2.45, 2.75) is 45.1 Å². The van der Waals surface area contributed by atoms with Gasteiger partial charge in [0.05, 0.1) is 5.92 Å². The first-order valence-corrected chi connectivity index (χ1v) is 11.5. The predicted molar refractivity (Wildman–Crippen MR) is 129 cm³/mol. The highest BCUT2D eigenvalue weighted by Crippen LogP contribution is 2.31. The molecule has 2 heterocycles. The summed E-state index contributed by atoms with van der Waals surface area (Å²) in [5.41, 5.74) is 3.34. The molecular formula is C26H31FN4O3. The van der Waals surface area contributed by atoms with E-state index in [1.54, 1.807) is 12.1 Å². The molecule has 2 aromatic rings. The Bertz CT molecular complexity index is 1140. The predicted octanol–water partition coefficient (Wildman–Crippen LogP) is 3.05. The molecule has 1 fully saturated rings. The molecule has 1 unspecified atom stereocenters. The van der Waals surface area contributed by atoms with Gasteiger partial charge in [0.15, 0.2) is 0 Å². The largest absolute Gasteiger partial charge is 0.374 e. The van der Waals surface area contributed by atoms with Crippen molar-refractivity contribution in [1.29, 1.82) is 0 Å². The van der Waals surface area contributed by atoms with E-state index in [2.05, 4.69) is 20.9 Å². The second-order valence-electron chi connectivity index (χ2n) is 10.1. The lowest BCUT2D eigenvalue weighted by Gasteiger charge is -2.23. The van der Waals surface area contributed by atoms with E-state index in [0.717, 1.165) is 24.2 Å². The quantitative estimate of drug-likeness (QED) is 0.632. The molecule has 0 spiro atoms. The van der Waals surface area contributed by atoms with Crippen LogP contribution in [0.15, 0.2) is 36.4 Å². The van der Waals surface area contributed by atoms with Crippen LogP contribution in [0.5, 0.6) is 0 Å². The highest BCUT2D eigenvalue weighted by molar-refractivity contribution is 5.99. The van der Waals surface area contributed by atoms with Crippen molar-refractivity contribution in [2.24, 2.45) is 5.92 Å². The smallest absolute Gasteiger partial charge is 0.251 e. The highest BCUT2D eigenvalue weighted by atomic mass is 19.1. The standard InChI is InChI=1S/C26H31FN4O3/c1-26(2,3)19-7-6-18(13-20(19)27)29-25(34)23(30-24(33)17-12-22(32)28-14-17)16-5-8-21-15(11-16)9-10-31(21)4/h5-8,11,13,17,23H,9-10,12,14H2,1-4H3,(H,28,32)(H,29,34)(H,30,33)/t17-,23?/m0/s1. The van der Waals surface area contributed by atoms with Gasteiger partial charge in [-0.3, -0.25) is 14.4 Å². The molecule has 2 aliphatic rings. The molecule has 0 saturated carbocycles. The van der Waals surface area contributed by atoms with Gasteiger partial charge in [0.2, 0.25) is 11.8 Å². The van der Waals surface area contributed by atoms with Crippen LogP contribution < -0.4 is 20.9 Å². The zero-order chi connectivity index (χ0) is 24.6. The van der Waals surface area contributed by atoms with Gasteiger partial charge in [-0.25, -0.2) is 4.39 Å². The van der Waals surface area contributed by atoms with Gasteiger partial charge in [0.25, 0.3) is 5.91 Å². The monoisotopic (exact) mass is 466 g/mol. The number of anilines is 2. The van der Waals surface area contributed by atoms with Crippen molar-refractivity contribution >= 4 is 29.1 Å². The third-order valence-electron chi connectivity index (χ3n) is 6.51. The summed E-state index contributed by atoms with van der Waals surface area (Å²) in [7, 11) is 2.01. The van der Waals surface area contributed by atoms with Gasteiger partial charge in [-0.1, -0.05) is 39.0 Å². The van der Waals surface area contributed by atoms with E-state index in [-0.39, 0.29) is 30.2 Å². The fourth-order valence-electron chi connectivity index (χ4n) is 4.53. The summed E-state index contributed by atoms with van der Waals surface area (Å²) in [5.74, 6) is -1.96. The van der Waals surface area contributed by atoms with Crippen LogP contribution in [0.1, 0.15) is 49.9 Å². The molecule has 1 saturated heterocycles. The number of amides is 3. The number of halogens is 1. The number of nitrogens with zero attached hydrogens (tertiary/aromatic N) is 1. The second kappa shape index (κ2) is 9.08. The van der Waals surface area contributed by atoms with Crippen molar-refractivity contribution in [3.05, 3.63) is 58.9 Å². The molecule has 180 valence electrons. The summed E-state index contributed by atoms with van der Waals surface area (Å²) in [6, 6.07) is 9.36. The third-order valence-corrected chi connectivity index (χ3v) is 6.51. The van der Waals surface area contributed by atoms with Crippen molar-refractivity contribution in [2.75, 3.05) is 30.4 Å². The zero-order valence-corrected chi connectivity index (χ0v) is 20.0. The third kappa shape index (κ3) is 4.90. The average molecular weight is 467 g/mol. The molecule has 2 atom stereocenters. The first kappa shape index (κ1) is 23.7. The molecule has 2 aliphatic heterocycles. The molecule has 4 rings (SSSR count). The number of carbonyl (C=O) groups is 3. The topological polar surface area (TPSA) is 90.5 Å². The Hall–Kier alpha value is -3.42. The van der Waals surface area contributed by atoms with Gasteiger partial charge >= 0.3 is 0 Å². The van der Waals surface area contributed by atoms with Gasteiger partial charge in [-0.05, 0) is 46.7 Å². The van der Waals surface area contributed by atoms with Crippen LogP contribution in [0, 0.1) is 11.7 Å². The maximum Gasteiger partial charge on any atom is 0.251 e. The fraction of sp³-hybridized carbons (Fsp3) is 0.423. The SMILES string of the molecule is CN1CCc2cc(C(NC(=O)[C@@H]3CNC(=O)C3)C(=O)Nc3ccc(C(C)(C)C)c(F)c3)ccc21. The number of rotatable bonds is 5. The summed E-state index contributed by atoms with van der Waals surface area (Å²) in [5, 5.41) is 8.22. The number of benzene rings is 2. The van der Waals surface area contributed by atoms with Gasteiger partial charge in [0.1, 0.15) is 11.9 Å². The molecule has 0 aliphatic carbocycles. The number of hydrogen-bond donors (Lipinski definition) is 3. The lowest BCUT2D eigenvalue weighted by atomic mass is 9.86. The average Bonchev–Trinajstić information content (AvgIpc) is 3.36. The first-order chi connectivity index (χ1) is 16.0. The van der Waals surface area contributed by atoms with Crippen molar-refractivity contribution in [3.8, 4) is 0 Å². The Balaban J connectivity index is 1.60. The summed E-state index contributed by atoms with van der Waals surface area (Å²) in [6.07, 6.45) is 0.942. The van der Waals surface area contributed by atoms with E-state index in [0.29, 0.717) is 16.8 Å². The molecule has 2 aromatic carbocycles. The van der Waals surface area contributed by atoms with E-state index >= 15 is 0 Å². The molecule has 0 radical (unpaired) electrons. The Morgan fingerprint density at radius 2 is 1.94 bits per heavy atom.